The number of nitrogens with one attached hydrogen (secondary N) is 2. The van der Waals surface area contributed by atoms with E-state index < -0.39 is 15.8 Å². The van der Waals surface area contributed by atoms with Gasteiger partial charge in [0.2, 0.25) is 5.09 Å². The molecule has 0 saturated carbocycles. The normalized spacial score (nSPS) is 11.6. The number of rotatable bonds is 5. The molecule has 1 aromatic heterocycles. The van der Waals surface area contributed by atoms with Crippen LogP contribution in [0, 0.1) is 5.82 Å². The minimum Gasteiger partial charge on any atom is -0.446 e. The lowest BCUT2D eigenvalue weighted by molar-refractivity contribution is 0.417. The van der Waals surface area contributed by atoms with Crippen molar-refractivity contribution in [3.8, 4) is 0 Å². The number of benzene rings is 1. The molecule has 0 unspecified atom stereocenters. The quantitative estimate of drug-likeness (QED) is 0.889. The van der Waals surface area contributed by atoms with E-state index >= 15 is 0 Å². The monoisotopic (exact) mass is 318 g/mol. The van der Waals surface area contributed by atoms with Crippen molar-refractivity contribution in [1.29, 1.82) is 0 Å². The van der Waals surface area contributed by atoms with Crippen molar-refractivity contribution in [1.82, 2.24) is 4.72 Å². The molecule has 2 N–H and O–H groups in total. The van der Waals surface area contributed by atoms with Crippen molar-refractivity contribution in [2.24, 2.45) is 0 Å². The largest absolute Gasteiger partial charge is 0.446 e. The van der Waals surface area contributed by atoms with Gasteiger partial charge in [0.1, 0.15) is 11.6 Å². The van der Waals surface area contributed by atoms with E-state index in [1.807, 2.05) is 0 Å². The molecule has 0 aliphatic rings. The van der Waals surface area contributed by atoms with Crippen LogP contribution < -0.4 is 10.0 Å². The number of para-hydroxylation sites is 1. The van der Waals surface area contributed by atoms with Gasteiger partial charge in [-0.15, -0.1) is 0 Å². The van der Waals surface area contributed by atoms with E-state index in [9.17, 15) is 12.8 Å². The molecule has 0 atom stereocenters. The van der Waals surface area contributed by atoms with Crippen LogP contribution in [0.1, 0.15) is 5.76 Å². The summed E-state index contributed by atoms with van der Waals surface area (Å²) in [7, 11) is -2.33. The molecule has 0 aliphatic carbocycles. The van der Waals surface area contributed by atoms with E-state index in [-0.39, 0.29) is 22.3 Å². The zero-order valence-corrected chi connectivity index (χ0v) is 12.1. The first-order chi connectivity index (χ1) is 9.44. The van der Waals surface area contributed by atoms with E-state index in [4.69, 9.17) is 16.0 Å². The Hall–Kier alpha value is -1.57. The smallest absolute Gasteiger partial charge is 0.273 e. The maximum Gasteiger partial charge on any atom is 0.273 e. The topological polar surface area (TPSA) is 71.3 Å². The Morgan fingerprint density at radius 3 is 2.70 bits per heavy atom. The third-order valence-corrected chi connectivity index (χ3v) is 4.17. The van der Waals surface area contributed by atoms with Crippen LogP contribution in [-0.4, -0.2) is 15.5 Å². The van der Waals surface area contributed by atoms with Crippen LogP contribution in [0.4, 0.5) is 10.1 Å². The fraction of sp³-hybridized carbons (Fsp3) is 0.167. The molecule has 1 aromatic carbocycles. The van der Waals surface area contributed by atoms with Crippen molar-refractivity contribution in [3.05, 3.63) is 46.9 Å². The SMILES string of the molecule is CNS(=O)(=O)c1ccc(CNc2c(F)cccc2Cl)o1. The molecular weight excluding hydrogens is 307 g/mol. The van der Waals surface area contributed by atoms with Gasteiger partial charge < -0.3 is 9.73 Å². The molecule has 1 heterocycles. The fourth-order valence-corrected chi connectivity index (χ4v) is 2.44. The molecule has 20 heavy (non-hydrogen) atoms. The van der Waals surface area contributed by atoms with Crippen molar-refractivity contribution in [2.75, 3.05) is 12.4 Å². The summed E-state index contributed by atoms with van der Waals surface area (Å²) in [6.45, 7) is 0.111. The molecule has 2 rings (SSSR count). The summed E-state index contributed by atoms with van der Waals surface area (Å²) in [6.07, 6.45) is 0. The summed E-state index contributed by atoms with van der Waals surface area (Å²) in [6, 6.07) is 7.13. The van der Waals surface area contributed by atoms with Gasteiger partial charge in [0.15, 0.2) is 0 Å². The second-order valence-electron chi connectivity index (χ2n) is 3.88. The van der Waals surface area contributed by atoms with Gasteiger partial charge in [-0.2, -0.15) is 0 Å². The molecule has 5 nitrogen and oxygen atoms in total. The van der Waals surface area contributed by atoms with Crippen molar-refractivity contribution in [3.63, 3.8) is 0 Å². The molecule has 0 aliphatic heterocycles. The first kappa shape index (κ1) is 14.8. The lowest BCUT2D eigenvalue weighted by Crippen LogP contribution is -2.17. The van der Waals surface area contributed by atoms with E-state index in [0.29, 0.717) is 5.76 Å². The van der Waals surface area contributed by atoms with Crippen LogP contribution in [0.15, 0.2) is 39.8 Å². The highest BCUT2D eigenvalue weighted by molar-refractivity contribution is 7.89. The molecule has 0 fully saturated rings. The summed E-state index contributed by atoms with van der Waals surface area (Å²) in [4.78, 5) is 0. The summed E-state index contributed by atoms with van der Waals surface area (Å²) < 4.78 is 43.8. The minimum absolute atomic E-state index is 0.111. The van der Waals surface area contributed by atoms with Crippen LogP contribution >= 0.6 is 11.6 Å². The number of hydrogen-bond donors (Lipinski definition) is 2. The predicted octanol–water partition coefficient (Wildman–Crippen LogP) is 2.59. The summed E-state index contributed by atoms with van der Waals surface area (Å²) in [5.41, 5.74) is 0.142. The summed E-state index contributed by atoms with van der Waals surface area (Å²) in [5, 5.41) is 2.80. The lowest BCUT2D eigenvalue weighted by atomic mass is 10.3. The van der Waals surface area contributed by atoms with Gasteiger partial charge in [0.25, 0.3) is 10.0 Å². The standard InChI is InChI=1S/C12H12ClFN2O3S/c1-15-20(17,18)11-6-5-8(19-11)7-16-12-9(13)3-2-4-10(12)14/h2-6,15-16H,7H2,1H3. The molecule has 0 saturated heterocycles. The van der Waals surface area contributed by atoms with Gasteiger partial charge in [-0.1, -0.05) is 17.7 Å². The summed E-state index contributed by atoms with van der Waals surface area (Å²) >= 11 is 5.86. The zero-order valence-electron chi connectivity index (χ0n) is 10.5. The Labute approximate surface area is 120 Å². The molecule has 2 aromatic rings. The average molecular weight is 319 g/mol. The van der Waals surface area contributed by atoms with E-state index in [1.165, 1.54) is 31.3 Å². The number of furan rings is 1. The van der Waals surface area contributed by atoms with Gasteiger partial charge in [-0.3, -0.25) is 0 Å². The Kier molecular flexibility index (Phi) is 4.32. The van der Waals surface area contributed by atoms with Crippen LogP contribution in [0.5, 0.6) is 0 Å². The second kappa shape index (κ2) is 5.82. The molecular formula is C12H12ClFN2O3S. The molecule has 108 valence electrons. The van der Waals surface area contributed by atoms with E-state index in [2.05, 4.69) is 10.0 Å². The van der Waals surface area contributed by atoms with Crippen molar-refractivity contribution < 1.29 is 17.2 Å². The molecule has 8 heteroatoms. The molecule has 0 amide bonds. The number of halogens is 2. The molecule has 0 bridgehead atoms. The maximum absolute atomic E-state index is 13.5. The zero-order chi connectivity index (χ0) is 14.8. The lowest BCUT2D eigenvalue weighted by Gasteiger charge is -2.07. The van der Waals surface area contributed by atoms with Gasteiger partial charge >= 0.3 is 0 Å². The van der Waals surface area contributed by atoms with Gasteiger partial charge in [-0.05, 0) is 31.3 Å². The Bertz CT molecular complexity index is 695. The summed E-state index contributed by atoms with van der Waals surface area (Å²) in [5.74, 6) is -0.148. The fourth-order valence-electron chi connectivity index (χ4n) is 1.54. The Balaban J connectivity index is 2.13. The maximum atomic E-state index is 13.5. The van der Waals surface area contributed by atoms with E-state index in [1.54, 1.807) is 6.07 Å². The average Bonchev–Trinajstić information content (AvgIpc) is 2.88. The van der Waals surface area contributed by atoms with Crippen LogP contribution in [0.2, 0.25) is 5.02 Å². The van der Waals surface area contributed by atoms with Gasteiger partial charge in [0, 0.05) is 0 Å². The highest BCUT2D eigenvalue weighted by atomic mass is 35.5. The van der Waals surface area contributed by atoms with Crippen molar-refractivity contribution in [2.45, 2.75) is 11.6 Å². The predicted molar refractivity (Wildman–Crippen MR) is 73.7 cm³/mol. The Morgan fingerprint density at radius 2 is 2.05 bits per heavy atom. The van der Waals surface area contributed by atoms with E-state index in [0.717, 1.165) is 0 Å². The van der Waals surface area contributed by atoms with Gasteiger partial charge in [-0.25, -0.2) is 17.5 Å². The van der Waals surface area contributed by atoms with Crippen molar-refractivity contribution >= 4 is 27.3 Å². The van der Waals surface area contributed by atoms with Gasteiger partial charge in [0.05, 0.1) is 17.3 Å². The highest BCUT2D eigenvalue weighted by Crippen LogP contribution is 2.25. The molecule has 0 spiro atoms. The highest BCUT2D eigenvalue weighted by Gasteiger charge is 2.16. The number of hydrogen-bond acceptors (Lipinski definition) is 4. The third kappa shape index (κ3) is 3.12. The third-order valence-electron chi connectivity index (χ3n) is 2.57. The number of sulfonamides is 1. The first-order valence-corrected chi connectivity index (χ1v) is 7.50. The second-order valence-corrected chi connectivity index (χ2v) is 6.10. The first-order valence-electron chi connectivity index (χ1n) is 5.64. The minimum atomic E-state index is -3.62. The van der Waals surface area contributed by atoms with Crippen LogP contribution in [-0.2, 0) is 16.6 Å². The Morgan fingerprint density at radius 1 is 1.30 bits per heavy atom. The van der Waals surface area contributed by atoms with Crippen LogP contribution in [0.3, 0.4) is 0 Å². The van der Waals surface area contributed by atoms with Crippen LogP contribution in [0.25, 0.3) is 0 Å². The molecule has 0 radical (unpaired) electrons. The number of anilines is 1.